The Balaban J connectivity index is 1.06. The summed E-state index contributed by atoms with van der Waals surface area (Å²) in [4.78, 5) is 2.44. The summed E-state index contributed by atoms with van der Waals surface area (Å²) in [5.74, 6) is 0. The van der Waals surface area contributed by atoms with Gasteiger partial charge in [0.05, 0.1) is 11.1 Å². The summed E-state index contributed by atoms with van der Waals surface area (Å²) in [6, 6.07) is 73.8. The van der Waals surface area contributed by atoms with Gasteiger partial charge in [-0.15, -0.1) is 0 Å². The minimum absolute atomic E-state index is 0.108. The largest absolute Gasteiger partial charge is 0.456 e. The summed E-state index contributed by atoms with van der Waals surface area (Å²) in [6.45, 7) is 4.74. The number of fused-ring (bicyclic) bond motifs is 12. The molecular weight excluding hydrogens is 739 g/mol. The lowest BCUT2D eigenvalue weighted by molar-refractivity contribution is 0.662. The molecule has 1 heterocycles. The number of rotatable bonds is 4. The topological polar surface area (TPSA) is 16.4 Å². The molecule has 2 aliphatic rings. The first kappa shape index (κ1) is 35.5. The van der Waals surface area contributed by atoms with Gasteiger partial charge in [-0.05, 0) is 133 Å². The molecule has 0 saturated carbocycles. The molecule has 61 heavy (non-hydrogen) atoms. The van der Waals surface area contributed by atoms with Crippen molar-refractivity contribution in [3.63, 3.8) is 0 Å². The van der Waals surface area contributed by atoms with Crippen LogP contribution >= 0.6 is 0 Å². The molecule has 0 spiro atoms. The van der Waals surface area contributed by atoms with E-state index >= 15 is 0 Å². The first-order valence-electron chi connectivity index (χ1n) is 21.4. The predicted octanol–water partition coefficient (Wildman–Crippen LogP) is 15.9. The molecule has 0 aliphatic heterocycles. The SMILES string of the molecule is CC1(C)c2ccccc2-c2cccc(-c3ccc(N(c4ccc5c(c4)Cc4ccccc4-c4ccccc4Cc4ccccc4-5)c4cccc5oc6ccccc6c45)cc3)c21. The molecule has 12 rings (SSSR count). The summed E-state index contributed by atoms with van der Waals surface area (Å²) in [5, 5.41) is 2.21. The Labute approximate surface area is 357 Å². The van der Waals surface area contributed by atoms with Crippen LogP contribution in [0, 0.1) is 0 Å². The number of furan rings is 1. The van der Waals surface area contributed by atoms with Crippen molar-refractivity contribution in [2.24, 2.45) is 0 Å². The van der Waals surface area contributed by atoms with Crippen LogP contribution in [0.4, 0.5) is 17.1 Å². The van der Waals surface area contributed by atoms with Gasteiger partial charge in [-0.3, -0.25) is 0 Å². The van der Waals surface area contributed by atoms with Crippen LogP contribution in [0.3, 0.4) is 0 Å². The fraction of sp³-hybridized carbons (Fsp3) is 0.0847. The standard InChI is InChI=1S/C59H43NO/c1-59(2)53-25-11-9-21-50(53)51-24-13-23-49(58(51)59)38-29-31-43(32-30-38)60(54-26-14-28-56-57(54)52-22-10-12-27-55(52)61-56)44-33-34-48-42(37-44)36-41-17-5-7-19-46(41)45-18-6-3-15-39(45)35-40-16-4-8-20-47(40)48/h3-34,37H,35-36H2,1-2H3. The molecule has 0 radical (unpaired) electrons. The zero-order chi connectivity index (χ0) is 40.7. The number of hydrogen-bond acceptors (Lipinski definition) is 2. The van der Waals surface area contributed by atoms with Gasteiger partial charge in [0.1, 0.15) is 11.2 Å². The third-order valence-electron chi connectivity index (χ3n) is 13.4. The van der Waals surface area contributed by atoms with Crippen molar-refractivity contribution in [3.8, 4) is 44.5 Å². The van der Waals surface area contributed by atoms with Crippen molar-refractivity contribution < 1.29 is 4.42 Å². The zero-order valence-corrected chi connectivity index (χ0v) is 34.3. The van der Waals surface area contributed by atoms with Gasteiger partial charge >= 0.3 is 0 Å². The highest BCUT2D eigenvalue weighted by Gasteiger charge is 2.37. The van der Waals surface area contributed by atoms with Gasteiger partial charge in [0, 0.05) is 22.2 Å². The van der Waals surface area contributed by atoms with E-state index in [0.717, 1.165) is 51.8 Å². The molecule has 0 unspecified atom stereocenters. The first-order chi connectivity index (χ1) is 30.0. The smallest absolute Gasteiger partial charge is 0.137 e. The Hall–Kier alpha value is -7.42. The highest BCUT2D eigenvalue weighted by molar-refractivity contribution is 6.13. The second-order valence-electron chi connectivity index (χ2n) is 17.2. The Bertz CT molecular complexity index is 3350. The number of anilines is 3. The highest BCUT2D eigenvalue weighted by atomic mass is 16.3. The van der Waals surface area contributed by atoms with E-state index in [1.807, 2.05) is 0 Å². The fourth-order valence-electron chi connectivity index (χ4n) is 10.6. The number of hydrogen-bond donors (Lipinski definition) is 0. The van der Waals surface area contributed by atoms with Gasteiger partial charge in [0.25, 0.3) is 0 Å². The van der Waals surface area contributed by atoms with Gasteiger partial charge < -0.3 is 9.32 Å². The number of nitrogens with zero attached hydrogens (tertiary/aromatic N) is 1. The molecule has 9 aromatic carbocycles. The van der Waals surface area contributed by atoms with Crippen LogP contribution in [0.5, 0.6) is 0 Å². The fourth-order valence-corrected chi connectivity index (χ4v) is 10.6. The number of benzene rings is 9. The summed E-state index contributed by atoms with van der Waals surface area (Å²) in [7, 11) is 0. The van der Waals surface area contributed by atoms with Crippen molar-refractivity contribution in [1.82, 2.24) is 0 Å². The summed E-state index contributed by atoms with van der Waals surface area (Å²) >= 11 is 0. The molecule has 0 saturated heterocycles. The van der Waals surface area contributed by atoms with Crippen LogP contribution in [-0.4, -0.2) is 0 Å². The van der Waals surface area contributed by atoms with E-state index in [4.69, 9.17) is 4.42 Å². The Kier molecular flexibility index (Phi) is 8.05. The van der Waals surface area contributed by atoms with Crippen LogP contribution in [0.1, 0.15) is 47.2 Å². The summed E-state index contributed by atoms with van der Waals surface area (Å²) < 4.78 is 6.51. The molecular formula is C59H43NO. The monoisotopic (exact) mass is 781 g/mol. The molecule has 2 nitrogen and oxygen atoms in total. The highest BCUT2D eigenvalue weighted by Crippen LogP contribution is 2.52. The Morgan fingerprint density at radius 2 is 0.934 bits per heavy atom. The normalized spacial score (nSPS) is 13.4. The molecule has 2 aliphatic carbocycles. The maximum atomic E-state index is 6.51. The van der Waals surface area contributed by atoms with E-state index in [2.05, 4.69) is 219 Å². The van der Waals surface area contributed by atoms with Crippen molar-refractivity contribution in [1.29, 1.82) is 0 Å². The van der Waals surface area contributed by atoms with Crippen LogP contribution < -0.4 is 4.90 Å². The average Bonchev–Trinajstić information content (AvgIpc) is 3.80. The molecule has 0 fully saturated rings. The van der Waals surface area contributed by atoms with E-state index in [9.17, 15) is 0 Å². The van der Waals surface area contributed by atoms with Crippen LogP contribution in [0.25, 0.3) is 66.4 Å². The molecule has 0 bridgehead atoms. The van der Waals surface area contributed by atoms with Gasteiger partial charge in [-0.25, -0.2) is 0 Å². The van der Waals surface area contributed by atoms with Crippen molar-refractivity contribution in [2.45, 2.75) is 32.1 Å². The minimum Gasteiger partial charge on any atom is -0.456 e. The summed E-state index contributed by atoms with van der Waals surface area (Å²) in [6.07, 6.45) is 1.66. The lowest BCUT2D eigenvalue weighted by Crippen LogP contribution is -2.16. The third kappa shape index (κ3) is 5.63. The maximum Gasteiger partial charge on any atom is 0.137 e. The first-order valence-corrected chi connectivity index (χ1v) is 21.4. The van der Waals surface area contributed by atoms with E-state index in [-0.39, 0.29) is 5.41 Å². The van der Waals surface area contributed by atoms with Crippen molar-refractivity contribution >= 4 is 39.0 Å². The van der Waals surface area contributed by atoms with Gasteiger partial charge in [0.15, 0.2) is 0 Å². The quantitative estimate of drug-likeness (QED) is 0.177. The molecule has 10 aromatic rings. The zero-order valence-electron chi connectivity index (χ0n) is 34.3. The van der Waals surface area contributed by atoms with Crippen molar-refractivity contribution in [3.05, 3.63) is 234 Å². The Morgan fingerprint density at radius 1 is 0.410 bits per heavy atom. The lowest BCUT2D eigenvalue weighted by Gasteiger charge is -2.28. The second-order valence-corrected chi connectivity index (χ2v) is 17.2. The van der Waals surface area contributed by atoms with Gasteiger partial charge in [-0.1, -0.05) is 172 Å². The molecule has 0 atom stereocenters. The van der Waals surface area contributed by atoms with E-state index < -0.39 is 0 Å². The third-order valence-corrected chi connectivity index (χ3v) is 13.4. The van der Waals surface area contributed by atoms with Gasteiger partial charge in [0.2, 0.25) is 0 Å². The minimum atomic E-state index is -0.108. The molecule has 290 valence electrons. The number of para-hydroxylation sites is 1. The predicted molar refractivity (Wildman–Crippen MR) is 254 cm³/mol. The Morgan fingerprint density at radius 3 is 1.66 bits per heavy atom. The van der Waals surface area contributed by atoms with Crippen LogP contribution in [0.2, 0.25) is 0 Å². The van der Waals surface area contributed by atoms with E-state index in [0.29, 0.717) is 0 Å². The van der Waals surface area contributed by atoms with Crippen LogP contribution in [0.15, 0.2) is 205 Å². The molecule has 1 aromatic heterocycles. The molecule has 0 N–H and O–H groups in total. The van der Waals surface area contributed by atoms with Gasteiger partial charge in [-0.2, -0.15) is 0 Å². The molecule has 2 heteroatoms. The van der Waals surface area contributed by atoms with Crippen molar-refractivity contribution in [2.75, 3.05) is 4.90 Å². The average molecular weight is 782 g/mol. The lowest BCUT2D eigenvalue weighted by atomic mass is 9.79. The molecule has 0 amide bonds. The van der Waals surface area contributed by atoms with Crippen LogP contribution in [-0.2, 0) is 18.3 Å². The van der Waals surface area contributed by atoms with E-state index in [1.54, 1.807) is 0 Å². The maximum absolute atomic E-state index is 6.51. The summed E-state index contributed by atoms with van der Waals surface area (Å²) in [5.41, 5.74) is 23.4. The second kappa shape index (κ2) is 13.8. The van der Waals surface area contributed by atoms with E-state index in [1.165, 1.54) is 77.9 Å².